The van der Waals surface area contributed by atoms with Gasteiger partial charge in [-0.25, -0.2) is 0 Å². The molecule has 16 heavy (non-hydrogen) atoms. The second-order valence-electron chi connectivity index (χ2n) is 4.39. The Labute approximate surface area is 106 Å². The number of halogens is 1. The molecule has 1 saturated carbocycles. The first-order valence-electron chi connectivity index (χ1n) is 5.82. The maximum absolute atomic E-state index is 5.22. The second-order valence-corrected chi connectivity index (χ2v) is 5.24. The maximum Gasteiger partial charge on any atom is 0.119 e. The van der Waals surface area contributed by atoms with Gasteiger partial charge in [0.25, 0.3) is 0 Å². The van der Waals surface area contributed by atoms with Gasteiger partial charge in [0.05, 0.1) is 7.11 Å². The maximum atomic E-state index is 5.22. The van der Waals surface area contributed by atoms with Crippen molar-refractivity contribution in [3.63, 3.8) is 0 Å². The van der Waals surface area contributed by atoms with Crippen LogP contribution in [0, 0.1) is 5.92 Å². The monoisotopic (exact) mass is 283 g/mol. The van der Waals surface area contributed by atoms with E-state index in [2.05, 4.69) is 27.3 Å². The van der Waals surface area contributed by atoms with Crippen molar-refractivity contribution < 1.29 is 4.74 Å². The molecular weight excluding hydrogens is 266 g/mol. The third kappa shape index (κ3) is 2.98. The molecule has 0 aliphatic heterocycles. The van der Waals surface area contributed by atoms with Crippen LogP contribution in [0.1, 0.15) is 24.8 Å². The number of methoxy groups -OCH3 is 1. The summed E-state index contributed by atoms with van der Waals surface area (Å²) in [6.45, 7) is 2.05. The predicted molar refractivity (Wildman–Crippen MR) is 69.7 cm³/mol. The lowest BCUT2D eigenvalue weighted by Gasteiger charge is -2.25. The summed E-state index contributed by atoms with van der Waals surface area (Å²) in [5, 5.41) is 3.51. The molecule has 0 bridgehead atoms. The van der Waals surface area contributed by atoms with E-state index in [0.29, 0.717) is 0 Å². The minimum Gasteiger partial charge on any atom is -0.497 e. The highest BCUT2D eigenvalue weighted by Crippen LogP contribution is 2.26. The molecular formula is C13H18BrNO. The first kappa shape index (κ1) is 11.9. The van der Waals surface area contributed by atoms with E-state index < -0.39 is 0 Å². The summed E-state index contributed by atoms with van der Waals surface area (Å²) in [7, 11) is 1.70. The van der Waals surface area contributed by atoms with Gasteiger partial charge in [0.15, 0.2) is 0 Å². The fourth-order valence-electron chi connectivity index (χ4n) is 1.92. The first-order chi connectivity index (χ1) is 7.79. The van der Waals surface area contributed by atoms with Gasteiger partial charge < -0.3 is 10.1 Å². The average Bonchev–Trinajstić information content (AvgIpc) is 2.24. The highest BCUT2D eigenvalue weighted by Gasteiger charge is 2.16. The van der Waals surface area contributed by atoms with Crippen LogP contribution in [-0.4, -0.2) is 13.7 Å². The summed E-state index contributed by atoms with van der Waals surface area (Å²) < 4.78 is 6.37. The van der Waals surface area contributed by atoms with Crippen LogP contribution < -0.4 is 10.1 Å². The third-order valence-electron chi connectivity index (χ3n) is 3.23. The molecule has 1 aliphatic carbocycles. The van der Waals surface area contributed by atoms with Crippen LogP contribution in [0.3, 0.4) is 0 Å². The van der Waals surface area contributed by atoms with Crippen LogP contribution in [0.2, 0.25) is 0 Å². The van der Waals surface area contributed by atoms with Gasteiger partial charge in [-0.05, 0) is 49.1 Å². The fraction of sp³-hybridized carbons (Fsp3) is 0.538. The smallest absolute Gasteiger partial charge is 0.119 e. The third-order valence-corrected chi connectivity index (χ3v) is 4.00. The van der Waals surface area contributed by atoms with E-state index in [1.54, 1.807) is 7.11 Å². The summed E-state index contributed by atoms with van der Waals surface area (Å²) in [5.74, 6) is 1.83. The molecule has 2 nitrogen and oxygen atoms in total. The van der Waals surface area contributed by atoms with E-state index in [4.69, 9.17) is 4.74 Å². The van der Waals surface area contributed by atoms with Gasteiger partial charge in [-0.1, -0.05) is 22.4 Å². The van der Waals surface area contributed by atoms with Crippen molar-refractivity contribution in [3.8, 4) is 5.75 Å². The number of hydrogen-bond acceptors (Lipinski definition) is 2. The van der Waals surface area contributed by atoms with Crippen LogP contribution in [0.4, 0.5) is 0 Å². The van der Waals surface area contributed by atoms with E-state index in [0.717, 1.165) is 29.2 Å². The number of benzene rings is 1. The molecule has 0 radical (unpaired) electrons. The highest BCUT2D eigenvalue weighted by atomic mass is 79.9. The molecule has 0 amide bonds. The molecule has 0 spiro atoms. The van der Waals surface area contributed by atoms with Crippen LogP contribution in [-0.2, 0) is 6.54 Å². The number of ether oxygens (including phenoxy) is 1. The summed E-state index contributed by atoms with van der Waals surface area (Å²) in [6.07, 6.45) is 4.20. The van der Waals surface area contributed by atoms with Gasteiger partial charge in [-0.2, -0.15) is 0 Å². The van der Waals surface area contributed by atoms with E-state index >= 15 is 0 Å². The molecule has 1 aromatic rings. The molecule has 0 atom stereocenters. The Morgan fingerprint density at radius 2 is 2.25 bits per heavy atom. The number of rotatable bonds is 5. The summed E-state index contributed by atoms with van der Waals surface area (Å²) in [5.41, 5.74) is 1.26. The lowest BCUT2D eigenvalue weighted by molar-refractivity contribution is 0.301. The molecule has 2 rings (SSSR count). The Kier molecular flexibility index (Phi) is 4.24. The predicted octanol–water partition coefficient (Wildman–Crippen LogP) is 3.35. The Morgan fingerprint density at radius 1 is 1.44 bits per heavy atom. The molecule has 1 aliphatic rings. The zero-order valence-electron chi connectivity index (χ0n) is 9.63. The normalized spacial score (nSPS) is 15.9. The molecule has 1 fully saturated rings. The van der Waals surface area contributed by atoms with Gasteiger partial charge in [-0.3, -0.25) is 0 Å². The summed E-state index contributed by atoms with van der Waals surface area (Å²) in [4.78, 5) is 0. The fourth-order valence-corrected chi connectivity index (χ4v) is 2.31. The molecule has 1 N–H and O–H groups in total. The molecule has 88 valence electrons. The Balaban J connectivity index is 1.86. The standard InChI is InChI=1S/C13H18BrNO/c1-16-12-5-6-13(14)11(7-12)9-15-8-10-3-2-4-10/h5-7,10,15H,2-4,8-9H2,1H3. The topological polar surface area (TPSA) is 21.3 Å². The van der Waals surface area contributed by atoms with Crippen molar-refractivity contribution in [2.45, 2.75) is 25.8 Å². The van der Waals surface area contributed by atoms with E-state index in [-0.39, 0.29) is 0 Å². The zero-order valence-corrected chi connectivity index (χ0v) is 11.2. The molecule has 0 unspecified atom stereocenters. The van der Waals surface area contributed by atoms with E-state index in [9.17, 15) is 0 Å². The van der Waals surface area contributed by atoms with Gasteiger partial charge in [0.1, 0.15) is 5.75 Å². The second kappa shape index (κ2) is 5.69. The van der Waals surface area contributed by atoms with E-state index in [1.807, 2.05) is 12.1 Å². The summed E-state index contributed by atoms with van der Waals surface area (Å²) >= 11 is 3.56. The van der Waals surface area contributed by atoms with Gasteiger partial charge in [-0.15, -0.1) is 0 Å². The van der Waals surface area contributed by atoms with Crippen molar-refractivity contribution in [1.82, 2.24) is 5.32 Å². The average molecular weight is 284 g/mol. The van der Waals surface area contributed by atoms with Gasteiger partial charge in [0.2, 0.25) is 0 Å². The van der Waals surface area contributed by atoms with E-state index in [1.165, 1.54) is 24.8 Å². The van der Waals surface area contributed by atoms with Crippen molar-refractivity contribution in [3.05, 3.63) is 28.2 Å². The van der Waals surface area contributed by atoms with Crippen LogP contribution in [0.5, 0.6) is 5.75 Å². The minimum absolute atomic E-state index is 0.907. The Morgan fingerprint density at radius 3 is 2.88 bits per heavy atom. The van der Waals surface area contributed by atoms with Crippen molar-refractivity contribution in [1.29, 1.82) is 0 Å². The number of nitrogens with one attached hydrogen (secondary N) is 1. The Bertz CT molecular complexity index is 350. The van der Waals surface area contributed by atoms with Crippen LogP contribution >= 0.6 is 15.9 Å². The molecule has 0 aromatic heterocycles. The first-order valence-corrected chi connectivity index (χ1v) is 6.62. The van der Waals surface area contributed by atoms with Gasteiger partial charge >= 0.3 is 0 Å². The quantitative estimate of drug-likeness (QED) is 0.895. The Hall–Kier alpha value is -0.540. The highest BCUT2D eigenvalue weighted by molar-refractivity contribution is 9.10. The van der Waals surface area contributed by atoms with Gasteiger partial charge in [0, 0.05) is 11.0 Å². The molecule has 1 aromatic carbocycles. The molecule has 0 saturated heterocycles. The number of hydrogen-bond donors (Lipinski definition) is 1. The van der Waals surface area contributed by atoms with Crippen molar-refractivity contribution in [2.75, 3.05) is 13.7 Å². The largest absolute Gasteiger partial charge is 0.497 e. The van der Waals surface area contributed by atoms with Crippen molar-refractivity contribution in [2.24, 2.45) is 5.92 Å². The lowest BCUT2D eigenvalue weighted by Crippen LogP contribution is -2.26. The summed E-state index contributed by atoms with van der Waals surface area (Å²) in [6, 6.07) is 6.09. The van der Waals surface area contributed by atoms with Crippen LogP contribution in [0.25, 0.3) is 0 Å². The molecule has 0 heterocycles. The molecule has 3 heteroatoms. The SMILES string of the molecule is COc1ccc(Br)c(CNCC2CCC2)c1. The zero-order chi connectivity index (χ0) is 11.4. The van der Waals surface area contributed by atoms with Crippen LogP contribution in [0.15, 0.2) is 22.7 Å². The van der Waals surface area contributed by atoms with Crippen molar-refractivity contribution >= 4 is 15.9 Å². The lowest BCUT2D eigenvalue weighted by atomic mass is 9.85. The minimum atomic E-state index is 0.907.